The molecule has 0 aliphatic carbocycles. The average molecular weight is 526 g/mol. The van der Waals surface area contributed by atoms with Gasteiger partial charge >= 0.3 is 0 Å². The molecule has 3 heterocycles. The molecule has 0 saturated carbocycles. The number of pyridine rings is 1. The highest BCUT2D eigenvalue weighted by molar-refractivity contribution is 7.16. The van der Waals surface area contributed by atoms with Gasteiger partial charge in [-0.2, -0.15) is 0 Å². The molecule has 3 N–H and O–H groups in total. The molecule has 1 aliphatic rings. The second-order valence-electron chi connectivity index (χ2n) is 9.41. The van der Waals surface area contributed by atoms with Gasteiger partial charge in [0.15, 0.2) is 0 Å². The summed E-state index contributed by atoms with van der Waals surface area (Å²) in [6, 6.07) is 18.1. The monoisotopic (exact) mass is 525 g/mol. The number of hydrogen-bond donors (Lipinski definition) is 2. The first kappa shape index (κ1) is 24.0. The van der Waals surface area contributed by atoms with E-state index in [1.54, 1.807) is 34.6 Å². The van der Waals surface area contributed by atoms with Gasteiger partial charge in [0.1, 0.15) is 5.82 Å². The predicted molar refractivity (Wildman–Crippen MR) is 148 cm³/mol. The van der Waals surface area contributed by atoms with E-state index in [4.69, 9.17) is 5.73 Å². The molecule has 7 nitrogen and oxygen atoms in total. The van der Waals surface area contributed by atoms with Gasteiger partial charge < -0.3 is 16.0 Å². The first-order valence-electron chi connectivity index (χ1n) is 12.3. The van der Waals surface area contributed by atoms with Gasteiger partial charge in [-0.25, -0.2) is 9.37 Å². The normalized spacial score (nSPS) is 14.2. The van der Waals surface area contributed by atoms with E-state index in [0.717, 1.165) is 32.5 Å². The minimum absolute atomic E-state index is 0.213. The van der Waals surface area contributed by atoms with Crippen LogP contribution in [0.3, 0.4) is 0 Å². The Morgan fingerprint density at radius 1 is 0.974 bits per heavy atom. The number of aromatic nitrogens is 2. The molecular formula is C29H24FN5O2S. The van der Waals surface area contributed by atoms with Crippen molar-refractivity contribution in [3.05, 3.63) is 83.8 Å². The van der Waals surface area contributed by atoms with E-state index in [2.05, 4.69) is 15.3 Å². The maximum absolute atomic E-state index is 15.3. The van der Waals surface area contributed by atoms with Gasteiger partial charge in [-0.15, -0.1) is 11.3 Å². The summed E-state index contributed by atoms with van der Waals surface area (Å²) in [6.07, 6.45) is 2.79. The molecule has 38 heavy (non-hydrogen) atoms. The number of nitrogens with zero attached hydrogens (tertiary/aromatic N) is 3. The third-order valence-corrected chi connectivity index (χ3v) is 7.87. The van der Waals surface area contributed by atoms with Crippen molar-refractivity contribution >= 4 is 55.6 Å². The first-order valence-corrected chi connectivity index (χ1v) is 13.2. The quantitative estimate of drug-likeness (QED) is 0.305. The van der Waals surface area contributed by atoms with Crippen LogP contribution in [0.5, 0.6) is 0 Å². The van der Waals surface area contributed by atoms with Crippen LogP contribution in [0.1, 0.15) is 23.2 Å². The number of hydrogen-bond acceptors (Lipinski definition) is 6. The van der Waals surface area contributed by atoms with Crippen molar-refractivity contribution in [2.75, 3.05) is 18.4 Å². The summed E-state index contributed by atoms with van der Waals surface area (Å²) in [5.74, 6) is -1.27. The maximum Gasteiger partial charge on any atom is 0.253 e. The molecule has 0 bridgehead atoms. The Kier molecular flexibility index (Phi) is 6.21. The van der Waals surface area contributed by atoms with Crippen LogP contribution in [0.2, 0.25) is 0 Å². The second-order valence-corrected chi connectivity index (χ2v) is 10.3. The lowest BCUT2D eigenvalue weighted by molar-refractivity contribution is -0.123. The van der Waals surface area contributed by atoms with Crippen molar-refractivity contribution in [1.82, 2.24) is 14.9 Å². The predicted octanol–water partition coefficient (Wildman–Crippen LogP) is 5.73. The van der Waals surface area contributed by atoms with Crippen LogP contribution in [0.15, 0.2) is 72.4 Å². The number of thiazole rings is 1. The minimum Gasteiger partial charge on any atom is -0.369 e. The van der Waals surface area contributed by atoms with E-state index in [1.165, 1.54) is 6.07 Å². The van der Waals surface area contributed by atoms with Gasteiger partial charge in [-0.05, 0) is 66.9 Å². The Labute approximate surface area is 222 Å². The summed E-state index contributed by atoms with van der Waals surface area (Å²) in [6.45, 7) is 0.858. The zero-order valence-corrected chi connectivity index (χ0v) is 21.2. The molecule has 2 aromatic heterocycles. The zero-order valence-electron chi connectivity index (χ0n) is 20.4. The Morgan fingerprint density at radius 3 is 2.61 bits per heavy atom. The number of benzene rings is 3. The number of nitrogens with one attached hydrogen (secondary N) is 1. The third-order valence-electron chi connectivity index (χ3n) is 7.06. The standard InChI is InChI=1S/C29H24FN5O2S/c30-23-14-19(29(37)35-11-8-17(9-12-35)28(31)36)1-4-21(23)18-2-5-24-22(13-18)25(7-10-32-24)34-20-3-6-27-26(15-20)33-16-38-27/h1-7,10,13-17H,8-9,11-12H2,(H2,31,36)(H,32,34). The van der Waals surface area contributed by atoms with Crippen LogP contribution in [0.4, 0.5) is 15.8 Å². The molecule has 1 saturated heterocycles. The van der Waals surface area contributed by atoms with Crippen LogP contribution >= 0.6 is 11.3 Å². The largest absolute Gasteiger partial charge is 0.369 e. The number of primary amides is 1. The van der Waals surface area contributed by atoms with E-state index in [9.17, 15) is 9.59 Å². The van der Waals surface area contributed by atoms with Crippen LogP contribution < -0.4 is 11.1 Å². The SMILES string of the molecule is NC(=O)C1CCN(C(=O)c2ccc(-c3ccc4nccc(Nc5ccc6scnc6c5)c4c3)c(F)c2)CC1. The number of rotatable bonds is 5. The number of carbonyl (C=O) groups excluding carboxylic acids is 2. The van der Waals surface area contributed by atoms with E-state index in [-0.39, 0.29) is 23.3 Å². The number of anilines is 2. The van der Waals surface area contributed by atoms with Gasteiger partial charge in [0.2, 0.25) is 5.91 Å². The van der Waals surface area contributed by atoms with Crippen molar-refractivity contribution in [3.63, 3.8) is 0 Å². The van der Waals surface area contributed by atoms with Crippen LogP contribution in [0, 0.1) is 11.7 Å². The fourth-order valence-electron chi connectivity index (χ4n) is 4.95. The lowest BCUT2D eigenvalue weighted by Gasteiger charge is -2.30. The summed E-state index contributed by atoms with van der Waals surface area (Å²) in [5.41, 5.74) is 12.0. The molecular weight excluding hydrogens is 501 g/mol. The highest BCUT2D eigenvalue weighted by Crippen LogP contribution is 2.32. The fourth-order valence-corrected chi connectivity index (χ4v) is 5.60. The molecule has 3 aromatic carbocycles. The van der Waals surface area contributed by atoms with Gasteiger partial charge in [0, 0.05) is 53.1 Å². The van der Waals surface area contributed by atoms with Crippen molar-refractivity contribution in [2.24, 2.45) is 11.7 Å². The molecule has 1 fully saturated rings. The highest BCUT2D eigenvalue weighted by atomic mass is 32.1. The zero-order chi connectivity index (χ0) is 26.2. The molecule has 5 aromatic rings. The van der Waals surface area contributed by atoms with E-state index >= 15 is 4.39 Å². The van der Waals surface area contributed by atoms with Crippen molar-refractivity contribution in [3.8, 4) is 11.1 Å². The fraction of sp³-hybridized carbons (Fsp3) is 0.172. The summed E-state index contributed by atoms with van der Waals surface area (Å²) in [5, 5.41) is 4.29. The number of amides is 2. The van der Waals surface area contributed by atoms with Crippen molar-refractivity contribution in [2.45, 2.75) is 12.8 Å². The molecule has 6 rings (SSSR count). The molecule has 0 atom stereocenters. The van der Waals surface area contributed by atoms with Gasteiger partial charge in [0.05, 0.1) is 21.2 Å². The van der Waals surface area contributed by atoms with Crippen molar-refractivity contribution in [1.29, 1.82) is 0 Å². The number of carbonyl (C=O) groups is 2. The lowest BCUT2D eigenvalue weighted by atomic mass is 9.95. The summed E-state index contributed by atoms with van der Waals surface area (Å²) < 4.78 is 16.4. The van der Waals surface area contributed by atoms with Crippen LogP contribution in [-0.2, 0) is 4.79 Å². The third kappa shape index (κ3) is 4.56. The molecule has 9 heteroatoms. The summed E-state index contributed by atoms with van der Waals surface area (Å²) in [7, 11) is 0. The Balaban J connectivity index is 1.27. The van der Waals surface area contributed by atoms with Crippen LogP contribution in [-0.4, -0.2) is 39.8 Å². The van der Waals surface area contributed by atoms with Crippen molar-refractivity contribution < 1.29 is 14.0 Å². The average Bonchev–Trinajstić information content (AvgIpc) is 3.41. The number of piperidine rings is 1. The topological polar surface area (TPSA) is 101 Å². The Morgan fingerprint density at radius 2 is 1.82 bits per heavy atom. The van der Waals surface area contributed by atoms with Gasteiger partial charge in [-0.3, -0.25) is 14.6 Å². The molecule has 1 aliphatic heterocycles. The maximum atomic E-state index is 15.3. The van der Waals surface area contributed by atoms with E-state index < -0.39 is 5.82 Å². The number of nitrogens with two attached hydrogens (primary N) is 1. The van der Waals surface area contributed by atoms with Gasteiger partial charge in [-0.1, -0.05) is 12.1 Å². The van der Waals surface area contributed by atoms with E-state index in [1.807, 2.05) is 48.0 Å². The molecule has 2 amide bonds. The molecule has 0 unspecified atom stereocenters. The number of halogens is 1. The summed E-state index contributed by atoms with van der Waals surface area (Å²) in [4.78, 5) is 34.9. The lowest BCUT2D eigenvalue weighted by Crippen LogP contribution is -2.41. The smallest absolute Gasteiger partial charge is 0.253 e. The molecule has 0 spiro atoms. The molecule has 0 radical (unpaired) electrons. The van der Waals surface area contributed by atoms with Crippen LogP contribution in [0.25, 0.3) is 32.2 Å². The Hall–Kier alpha value is -4.37. The van der Waals surface area contributed by atoms with Gasteiger partial charge in [0.25, 0.3) is 5.91 Å². The summed E-state index contributed by atoms with van der Waals surface area (Å²) >= 11 is 1.59. The minimum atomic E-state index is -0.477. The Bertz CT molecular complexity index is 1690. The first-order chi connectivity index (χ1) is 18.5. The second kappa shape index (κ2) is 9.83. The number of fused-ring (bicyclic) bond motifs is 2. The number of likely N-dealkylation sites (tertiary alicyclic amines) is 1. The highest BCUT2D eigenvalue weighted by Gasteiger charge is 2.27. The molecule has 190 valence electrons. The van der Waals surface area contributed by atoms with E-state index in [0.29, 0.717) is 37.1 Å².